The van der Waals surface area contributed by atoms with Gasteiger partial charge in [0.2, 0.25) is 0 Å². The van der Waals surface area contributed by atoms with E-state index in [1.54, 1.807) is 24.3 Å². The molecule has 4 nitrogen and oxygen atoms in total. The number of halogens is 4. The summed E-state index contributed by atoms with van der Waals surface area (Å²) in [6.07, 6.45) is -4.41. The number of esters is 1. The second-order valence-electron chi connectivity index (χ2n) is 5.42. The number of benzene rings is 2. The van der Waals surface area contributed by atoms with Crippen molar-refractivity contribution in [1.82, 2.24) is 5.32 Å². The Morgan fingerprint density at radius 1 is 1.12 bits per heavy atom. The van der Waals surface area contributed by atoms with Gasteiger partial charge in [0.15, 0.2) is 0 Å². The minimum Gasteiger partial charge on any atom is -0.467 e. The van der Waals surface area contributed by atoms with E-state index < -0.39 is 29.7 Å². The third-order valence-corrected chi connectivity index (χ3v) is 4.02. The Labute approximate surface area is 152 Å². The summed E-state index contributed by atoms with van der Waals surface area (Å²) >= 11 is 6.06. The van der Waals surface area contributed by atoms with Crippen LogP contribution in [0.25, 0.3) is 0 Å². The summed E-state index contributed by atoms with van der Waals surface area (Å²) in [7, 11) is 1.17. The van der Waals surface area contributed by atoms with E-state index in [2.05, 4.69) is 10.1 Å². The average Bonchev–Trinajstić information content (AvgIpc) is 2.61. The minimum absolute atomic E-state index is 0.00828. The van der Waals surface area contributed by atoms with Gasteiger partial charge >= 0.3 is 12.1 Å². The van der Waals surface area contributed by atoms with Gasteiger partial charge in [-0.2, -0.15) is 13.2 Å². The third kappa shape index (κ3) is 4.98. The third-order valence-electron chi connectivity index (χ3n) is 3.65. The van der Waals surface area contributed by atoms with Crippen LogP contribution in [0.4, 0.5) is 13.2 Å². The summed E-state index contributed by atoms with van der Waals surface area (Å²) in [6.45, 7) is 0. The number of methoxy groups -OCH3 is 1. The normalized spacial score (nSPS) is 12.3. The molecule has 0 unspecified atom stereocenters. The zero-order chi connectivity index (χ0) is 19.3. The molecular formula is C18H15ClF3NO3. The van der Waals surface area contributed by atoms with Crippen LogP contribution in [0.3, 0.4) is 0 Å². The van der Waals surface area contributed by atoms with Crippen molar-refractivity contribution in [3.8, 4) is 0 Å². The molecule has 1 atom stereocenters. The summed E-state index contributed by atoms with van der Waals surface area (Å²) in [5.41, 5.74) is -0.252. The molecule has 0 fully saturated rings. The topological polar surface area (TPSA) is 55.4 Å². The minimum atomic E-state index is -4.49. The van der Waals surface area contributed by atoms with E-state index in [0.717, 1.165) is 24.3 Å². The van der Waals surface area contributed by atoms with Gasteiger partial charge in [0.05, 0.1) is 12.7 Å². The number of nitrogens with one attached hydrogen (secondary N) is 1. The van der Waals surface area contributed by atoms with Gasteiger partial charge in [-0.1, -0.05) is 29.8 Å². The molecule has 0 saturated heterocycles. The first-order chi connectivity index (χ1) is 12.2. The first kappa shape index (κ1) is 19.8. The fourth-order valence-electron chi connectivity index (χ4n) is 2.27. The molecule has 0 aromatic heterocycles. The van der Waals surface area contributed by atoms with E-state index in [0.29, 0.717) is 10.6 Å². The van der Waals surface area contributed by atoms with Crippen molar-refractivity contribution in [2.45, 2.75) is 18.6 Å². The van der Waals surface area contributed by atoms with E-state index in [-0.39, 0.29) is 12.0 Å². The Hall–Kier alpha value is -2.54. The van der Waals surface area contributed by atoms with E-state index in [9.17, 15) is 22.8 Å². The number of amides is 1. The van der Waals surface area contributed by atoms with Crippen molar-refractivity contribution in [2.75, 3.05) is 7.11 Å². The van der Waals surface area contributed by atoms with Crippen molar-refractivity contribution in [3.05, 3.63) is 70.2 Å². The lowest BCUT2D eigenvalue weighted by Crippen LogP contribution is -2.43. The lowest BCUT2D eigenvalue weighted by atomic mass is 10.0. The Kier molecular flexibility index (Phi) is 6.26. The second kappa shape index (κ2) is 8.23. The Morgan fingerprint density at radius 3 is 2.27 bits per heavy atom. The molecule has 26 heavy (non-hydrogen) atoms. The first-order valence-electron chi connectivity index (χ1n) is 7.51. The Bertz CT molecular complexity index is 791. The standard InChI is InChI=1S/C18H15ClF3NO3/c1-26-17(25)15(10-12-4-2-3-5-14(12)19)23-16(24)11-6-8-13(9-7-11)18(20,21)22/h2-9,15H,10H2,1H3,(H,23,24)/t15-/m1/s1. The molecule has 0 saturated carbocycles. The van der Waals surface area contributed by atoms with Crippen molar-refractivity contribution >= 4 is 23.5 Å². The van der Waals surface area contributed by atoms with Gasteiger partial charge in [-0.15, -0.1) is 0 Å². The van der Waals surface area contributed by atoms with Crippen LogP contribution in [0.2, 0.25) is 5.02 Å². The highest BCUT2D eigenvalue weighted by atomic mass is 35.5. The molecular weight excluding hydrogens is 371 g/mol. The van der Waals surface area contributed by atoms with E-state index in [1.165, 1.54) is 7.11 Å². The van der Waals surface area contributed by atoms with Gasteiger partial charge in [0, 0.05) is 17.0 Å². The largest absolute Gasteiger partial charge is 0.467 e. The highest BCUT2D eigenvalue weighted by molar-refractivity contribution is 6.31. The lowest BCUT2D eigenvalue weighted by Gasteiger charge is -2.17. The van der Waals surface area contributed by atoms with Gasteiger partial charge in [0.1, 0.15) is 6.04 Å². The molecule has 2 aromatic carbocycles. The predicted octanol–water partition coefficient (Wildman–Crippen LogP) is 3.87. The second-order valence-corrected chi connectivity index (χ2v) is 5.83. The fraction of sp³-hybridized carbons (Fsp3) is 0.222. The molecule has 138 valence electrons. The summed E-state index contributed by atoms with van der Waals surface area (Å²) < 4.78 is 42.4. The summed E-state index contributed by atoms with van der Waals surface area (Å²) in [4.78, 5) is 24.2. The van der Waals surface area contributed by atoms with Gasteiger partial charge in [-0.3, -0.25) is 4.79 Å². The number of rotatable bonds is 5. The Morgan fingerprint density at radius 2 is 1.73 bits per heavy atom. The van der Waals surface area contributed by atoms with E-state index in [1.807, 2.05) is 0 Å². The van der Waals surface area contributed by atoms with Crippen molar-refractivity contribution in [3.63, 3.8) is 0 Å². The highest BCUT2D eigenvalue weighted by Gasteiger charge is 2.30. The number of hydrogen-bond donors (Lipinski definition) is 1. The van der Waals surface area contributed by atoms with Crippen molar-refractivity contribution < 1.29 is 27.5 Å². The molecule has 0 bridgehead atoms. The number of carbonyl (C=O) groups is 2. The fourth-order valence-corrected chi connectivity index (χ4v) is 2.48. The van der Waals surface area contributed by atoms with E-state index >= 15 is 0 Å². The molecule has 0 radical (unpaired) electrons. The number of hydrogen-bond acceptors (Lipinski definition) is 3. The summed E-state index contributed by atoms with van der Waals surface area (Å²) in [5, 5.41) is 2.89. The highest BCUT2D eigenvalue weighted by Crippen LogP contribution is 2.29. The quantitative estimate of drug-likeness (QED) is 0.795. The van der Waals surface area contributed by atoms with Crippen molar-refractivity contribution in [1.29, 1.82) is 0 Å². The summed E-state index contributed by atoms with van der Waals surface area (Å²) in [6, 6.07) is 9.45. The molecule has 0 spiro atoms. The molecule has 1 amide bonds. The summed E-state index contributed by atoms with van der Waals surface area (Å²) in [5.74, 6) is -1.38. The van der Waals surface area contributed by atoms with E-state index in [4.69, 9.17) is 11.6 Å². The van der Waals surface area contributed by atoms with Crippen LogP contribution in [-0.2, 0) is 22.1 Å². The van der Waals surface area contributed by atoms with Crippen LogP contribution in [0.1, 0.15) is 21.5 Å². The average molecular weight is 386 g/mol. The van der Waals surface area contributed by atoms with Gasteiger partial charge < -0.3 is 10.1 Å². The molecule has 1 N–H and O–H groups in total. The van der Waals surface area contributed by atoms with Gasteiger partial charge in [-0.25, -0.2) is 4.79 Å². The van der Waals surface area contributed by atoms with Crippen LogP contribution in [0.15, 0.2) is 48.5 Å². The number of ether oxygens (including phenoxy) is 1. The maximum atomic E-state index is 12.6. The molecule has 0 aliphatic rings. The van der Waals surface area contributed by atoms with Crippen LogP contribution in [-0.4, -0.2) is 25.0 Å². The zero-order valence-electron chi connectivity index (χ0n) is 13.6. The number of carbonyl (C=O) groups excluding carboxylic acids is 2. The molecule has 0 aliphatic carbocycles. The molecule has 0 aliphatic heterocycles. The van der Waals surface area contributed by atoms with Crippen LogP contribution < -0.4 is 5.32 Å². The zero-order valence-corrected chi connectivity index (χ0v) is 14.4. The van der Waals surface area contributed by atoms with Gasteiger partial charge in [0.25, 0.3) is 5.91 Å². The van der Waals surface area contributed by atoms with Crippen LogP contribution >= 0.6 is 11.6 Å². The first-order valence-corrected chi connectivity index (χ1v) is 7.89. The molecule has 2 rings (SSSR count). The maximum Gasteiger partial charge on any atom is 0.416 e. The monoisotopic (exact) mass is 385 g/mol. The smallest absolute Gasteiger partial charge is 0.416 e. The number of alkyl halides is 3. The van der Waals surface area contributed by atoms with Gasteiger partial charge in [-0.05, 0) is 35.9 Å². The molecule has 0 heterocycles. The van der Waals surface area contributed by atoms with Crippen LogP contribution in [0.5, 0.6) is 0 Å². The van der Waals surface area contributed by atoms with Crippen LogP contribution in [0, 0.1) is 0 Å². The van der Waals surface area contributed by atoms with Crippen molar-refractivity contribution in [2.24, 2.45) is 0 Å². The lowest BCUT2D eigenvalue weighted by molar-refractivity contribution is -0.142. The Balaban J connectivity index is 2.16. The molecule has 8 heteroatoms. The molecule has 2 aromatic rings. The maximum absolute atomic E-state index is 12.6. The predicted molar refractivity (Wildman–Crippen MR) is 89.9 cm³/mol. The SMILES string of the molecule is COC(=O)[C@@H](Cc1ccccc1Cl)NC(=O)c1ccc(C(F)(F)F)cc1.